The van der Waals surface area contributed by atoms with Crippen LogP contribution in [0, 0.1) is 91.0 Å². The van der Waals surface area contributed by atoms with E-state index in [1.54, 1.807) is 60.7 Å². The van der Waals surface area contributed by atoms with Gasteiger partial charge in [0.25, 0.3) is 29.1 Å². The van der Waals surface area contributed by atoms with Gasteiger partial charge in [0, 0.05) is 126 Å². The summed E-state index contributed by atoms with van der Waals surface area (Å²) in [6, 6.07) is 39.5. The van der Waals surface area contributed by atoms with Gasteiger partial charge in [0.2, 0.25) is 23.8 Å². The Bertz CT molecular complexity index is 6670. The average molecular weight is 2050 g/mol. The number of nitro groups is 2. The molecule has 722 valence electrons. The van der Waals surface area contributed by atoms with Gasteiger partial charge in [-0.05, 0) is 117 Å². The molecule has 3 atom stereocenters. The number of nitrogens with zero attached hydrogens (tertiary/aromatic N) is 14. The first-order chi connectivity index (χ1) is 65.8. The second kappa shape index (κ2) is 51.3. The van der Waals surface area contributed by atoms with E-state index < -0.39 is 140 Å². The maximum atomic E-state index is 15.3. The topological polar surface area (TPSA) is 508 Å². The molecule has 0 spiro atoms. The van der Waals surface area contributed by atoms with Crippen molar-refractivity contribution < 1.29 is 143 Å². The van der Waals surface area contributed by atoms with Gasteiger partial charge < -0.3 is 39.4 Å². The Hall–Kier alpha value is -15.9. The predicted octanol–water partition coefficient (Wildman–Crippen LogP) is 17.8. The second-order valence-electron chi connectivity index (χ2n) is 29.4. The maximum absolute atomic E-state index is 15.3. The van der Waals surface area contributed by atoms with Crippen molar-refractivity contribution in [1.29, 1.82) is 15.8 Å². The van der Waals surface area contributed by atoms with Crippen LogP contribution in [0.2, 0.25) is 10.0 Å². The Labute approximate surface area is 808 Å². The number of carboxylic acids is 1. The average Bonchev–Trinajstić information content (AvgIpc) is 1.44. The Morgan fingerprint density at radius 3 is 1.54 bits per heavy atom. The number of rotatable bonds is 18. The number of aliphatic carboxylic acids is 1. The summed E-state index contributed by atoms with van der Waals surface area (Å²) in [5.74, 6) is -10.8. The summed E-state index contributed by atoms with van der Waals surface area (Å²) in [7, 11) is -3.39. The monoisotopic (exact) mass is 2050 g/mol. The number of nitro benzene ring substituents is 2. The SMILES string of the molecule is Cc1ccc(S(=O)(=O)CC#N)cc1.N#Cc1ccnc(N2C(=O)CC[C@H]2C(=O)N(c2cc(F)cc(-c3cnco3)c2)C(C(=O)NC2CC(F)(F)C2)c2ccccc2Cl)c1.N#Cc1ccnc(N2C(=O)CC[C@H]2C(=O)O)c1.Nc1cc(F)cc(-c2cnco2)c1.O=Cc1cc(F)cc([N+](=O)[O-])c1.O=Cc1ccccc1Cl.O=[N+]([O-])c1cc(F)cc(-c2cnco2)c1.OCC(F)(F)F.[C-]#[N+]C1CC(F)(F)C1.[Zn]. The van der Waals surface area contributed by atoms with Crippen LogP contribution in [0.3, 0.4) is 0 Å². The van der Waals surface area contributed by atoms with Gasteiger partial charge in [0.05, 0.1) is 92.7 Å². The molecule has 7 aromatic carbocycles. The van der Waals surface area contributed by atoms with E-state index in [4.69, 9.17) is 69.5 Å². The third-order valence-corrected chi connectivity index (χ3v) is 21.5. The van der Waals surface area contributed by atoms with E-state index in [0.717, 1.165) is 75.4 Å². The molecule has 2 saturated carbocycles. The van der Waals surface area contributed by atoms with Gasteiger partial charge in [0.15, 0.2) is 52.6 Å². The molecule has 4 fully saturated rings. The standard InChI is InChI=1S/C32H24ClF3N6O4.C11H9N3O3.C9H5FN2O3.C9H7FN2O.C9H9NO2S.C7H5ClO.C7H4FNO3.C5H5F2N.C2H3F3O.Zn/c33-24-4-2-1-3-23(24)29(30(44)40-21-13-32(35,36)14-21)41(22-11-19(10-20(34)12-22)26-16-38-17-46-26)31(45)25-5-6-28(43)42(25)27-9-18(15-37)7-8-39-27;12-6-7-3-4-13-9(5-7)14-8(11(16)17)1-2-10(14)15;10-7-1-6(9-4-11-5-15-9)2-8(3-7)12(13)14;10-7-1-6(2-8(11)3-7)9-4-12-5-13-9;1-8-2-4-9(5-3-8)13(11,12)7-6-10;8-7-4-2-1-3-6(7)5-9;8-6-1-5(4-10)2-7(3-6)9(11)12;1-8-4-2-5(6,7)3-4;3-2(4,5)1-6;/h1-4,7-12,16-17,21,25,29H,5-6,13-14H2,(H,40,44);3-5,8H,1-2H2,(H,16,17);1-5H;1-5H,11H2;2-5H,7H2,1H3;1-5H;1-4H;4H,2-3H2;6H,1H2;/t25-,29?;8-;;;;;;;;/m00......../s1. The molecule has 49 heteroatoms. The summed E-state index contributed by atoms with van der Waals surface area (Å²) in [5.41, 5.74) is 8.23. The number of halogens is 13. The Kier molecular flexibility index (Phi) is 40.7. The van der Waals surface area contributed by atoms with Crippen LogP contribution < -0.4 is 25.8 Å². The number of oxazole rings is 3. The number of alkyl halides is 7. The van der Waals surface area contributed by atoms with Crippen molar-refractivity contribution in [2.45, 2.75) is 111 Å². The molecule has 12 aromatic rings. The van der Waals surface area contributed by atoms with Gasteiger partial charge in [-0.25, -0.2) is 79.8 Å². The zero-order valence-corrected chi connectivity index (χ0v) is 77.5. The molecule has 4 amide bonds. The molecular weight excluding hydrogens is 1980 g/mol. The fourth-order valence-corrected chi connectivity index (χ4v) is 14.1. The number of nitrogen functional groups attached to an aromatic ring is 1. The number of aldehydes is 2. The summed E-state index contributed by atoms with van der Waals surface area (Å²) in [6.45, 7) is 6.47. The number of anilines is 4. The largest absolute Gasteiger partial charge is 0.480 e. The van der Waals surface area contributed by atoms with E-state index in [-0.39, 0.29) is 136 Å². The smallest absolute Gasteiger partial charge is 0.411 e. The van der Waals surface area contributed by atoms with Crippen molar-refractivity contribution in [1.82, 2.24) is 30.2 Å². The molecule has 34 nitrogen and oxygen atoms in total. The molecule has 5 aromatic heterocycles. The number of aromatic nitrogens is 5. The number of hydrogen-bond acceptors (Lipinski definition) is 26. The number of non-ortho nitro benzene ring substituents is 2. The minimum Gasteiger partial charge on any atom is -0.480 e. The van der Waals surface area contributed by atoms with E-state index in [1.807, 2.05) is 19.1 Å². The molecule has 5 N–H and O–H groups in total. The first-order valence-corrected chi connectivity index (χ1v) is 42.3. The Morgan fingerprint density at radius 2 is 1.11 bits per heavy atom. The van der Waals surface area contributed by atoms with E-state index in [2.05, 4.69) is 35.1 Å². The van der Waals surface area contributed by atoms with Crippen molar-refractivity contribution in [3.05, 3.63) is 318 Å². The van der Waals surface area contributed by atoms with Gasteiger partial charge in [-0.2, -0.15) is 29.0 Å². The van der Waals surface area contributed by atoms with Crippen molar-refractivity contribution >= 4 is 110 Å². The van der Waals surface area contributed by atoms with Crippen LogP contribution in [0.5, 0.6) is 0 Å². The Morgan fingerprint density at radius 1 is 0.657 bits per heavy atom. The van der Waals surface area contributed by atoms with Crippen LogP contribution in [-0.2, 0) is 53.3 Å². The number of aryl methyl sites for hydroxylation is 1. The predicted molar refractivity (Wildman–Crippen MR) is 473 cm³/mol. The summed E-state index contributed by atoms with van der Waals surface area (Å²) in [5, 5.41) is 66.5. The fourth-order valence-electron chi connectivity index (χ4n) is 12.8. The molecule has 2 saturated heterocycles. The molecule has 4 aliphatic rings. The van der Waals surface area contributed by atoms with E-state index in [0.29, 0.717) is 45.0 Å². The van der Waals surface area contributed by atoms with Crippen LogP contribution in [0.4, 0.5) is 82.7 Å². The number of aliphatic hydroxyl groups excluding tert-OH is 1. The minimum atomic E-state index is -4.40. The molecule has 2 aliphatic carbocycles. The van der Waals surface area contributed by atoms with Crippen molar-refractivity contribution in [3.8, 4) is 52.2 Å². The first kappa shape index (κ1) is 111. The number of pyridine rings is 2. The summed E-state index contributed by atoms with van der Waals surface area (Å²) < 4.78 is 174. The minimum absolute atomic E-state index is 0. The number of aliphatic hydroxyl groups is 1. The van der Waals surface area contributed by atoms with Crippen molar-refractivity contribution in [3.63, 3.8) is 0 Å². The number of nitrogens with one attached hydrogen (secondary N) is 1. The van der Waals surface area contributed by atoms with Gasteiger partial charge in [-0.15, -0.1) is 0 Å². The number of nitriles is 3. The zero-order chi connectivity index (χ0) is 102. The van der Waals surface area contributed by atoms with Crippen molar-refractivity contribution in [2.24, 2.45) is 0 Å². The quantitative estimate of drug-likeness (QED) is 0.0118. The molecule has 1 unspecified atom stereocenters. The van der Waals surface area contributed by atoms with Crippen LogP contribution in [-0.4, -0.2) is 150 Å². The molecule has 16 rings (SSSR count). The molecule has 140 heavy (non-hydrogen) atoms. The zero-order valence-electron chi connectivity index (χ0n) is 72.2. The fraction of sp³-hybridized carbons (Fsp3) is 0.209. The second-order valence-corrected chi connectivity index (χ2v) is 32.2. The number of hydrogen-bond donors (Lipinski definition) is 4. The number of sulfone groups is 1. The first-order valence-electron chi connectivity index (χ1n) is 39.8. The van der Waals surface area contributed by atoms with Crippen LogP contribution in [0.15, 0.2) is 238 Å². The number of carbonyl (C=O) groups excluding carboxylic acids is 6. The Balaban J connectivity index is 0.000000235. The summed E-state index contributed by atoms with van der Waals surface area (Å²) in [6.07, 6.45) is 5.97. The maximum Gasteiger partial charge on any atom is 0.411 e. The van der Waals surface area contributed by atoms with Crippen LogP contribution in [0.1, 0.15) is 100 Å². The van der Waals surface area contributed by atoms with Crippen LogP contribution >= 0.6 is 23.2 Å². The van der Waals surface area contributed by atoms with Crippen molar-refractivity contribution in [2.75, 3.05) is 32.8 Å². The molecule has 0 bridgehead atoms. The number of amides is 4. The number of carboxylic acid groups (broad SMARTS) is 1. The molecule has 2 aliphatic heterocycles. The number of benzene rings is 7. The number of nitrogens with two attached hydrogens (primary N) is 1. The van der Waals surface area contributed by atoms with Gasteiger partial charge in [-0.3, -0.25) is 63.7 Å². The third kappa shape index (κ3) is 32.7. The van der Waals surface area contributed by atoms with Gasteiger partial charge in [0.1, 0.15) is 71.7 Å². The normalized spacial score (nSPS) is 14.7. The van der Waals surface area contributed by atoms with E-state index >= 15 is 4.39 Å². The summed E-state index contributed by atoms with van der Waals surface area (Å²) >= 11 is 12.2. The van der Waals surface area contributed by atoms with Crippen LogP contribution in [0.25, 0.3) is 38.8 Å². The van der Waals surface area contributed by atoms with Gasteiger partial charge in [-0.1, -0.05) is 77.3 Å². The van der Waals surface area contributed by atoms with E-state index in [9.17, 15) is 111 Å². The third-order valence-electron chi connectivity index (χ3n) is 19.3. The van der Waals surface area contributed by atoms with E-state index in [1.165, 1.54) is 117 Å². The molecular formula is C91H71Cl2F11N16O18SZn. The summed E-state index contributed by atoms with van der Waals surface area (Å²) in [4.78, 5) is 130. The molecule has 7 heterocycles. The van der Waals surface area contributed by atoms with Gasteiger partial charge >= 0.3 is 12.1 Å². The number of carbonyl (C=O) groups is 7. The molecule has 0 radical (unpaired) electrons.